The number of nitrogens with one attached hydrogen (secondary N) is 1. The predicted molar refractivity (Wildman–Crippen MR) is 139 cm³/mol. The fraction of sp³-hybridized carbons (Fsp3) is 0.583. The van der Waals surface area contributed by atoms with Gasteiger partial charge in [0.25, 0.3) is 0 Å². The number of benzene rings is 1. The Bertz CT molecular complexity index is 862. The quantitative estimate of drug-likeness (QED) is 0.350. The van der Waals surface area contributed by atoms with Crippen LogP contribution in [0.5, 0.6) is 0 Å². The molecule has 2 aromatic rings. The molecule has 2 aliphatic rings. The highest BCUT2D eigenvalue weighted by atomic mass is 127. The van der Waals surface area contributed by atoms with Crippen molar-refractivity contribution in [3.8, 4) is 0 Å². The first-order valence-electron chi connectivity index (χ1n) is 11.6. The average molecular weight is 553 g/mol. The zero-order valence-electron chi connectivity index (χ0n) is 19.4. The fourth-order valence-electron chi connectivity index (χ4n) is 4.58. The second-order valence-electron chi connectivity index (χ2n) is 8.61. The third kappa shape index (κ3) is 6.68. The lowest BCUT2D eigenvalue weighted by atomic mass is 10.1. The first-order valence-corrected chi connectivity index (χ1v) is 11.6. The van der Waals surface area contributed by atoms with E-state index < -0.39 is 0 Å². The molecule has 1 atom stereocenters. The van der Waals surface area contributed by atoms with Gasteiger partial charge in [0.1, 0.15) is 6.10 Å². The van der Waals surface area contributed by atoms with Crippen LogP contribution in [0.1, 0.15) is 48.5 Å². The summed E-state index contributed by atoms with van der Waals surface area (Å²) in [4.78, 5) is 9.46. The smallest absolute Gasteiger partial charge is 0.194 e. The van der Waals surface area contributed by atoms with Crippen LogP contribution in [0.15, 0.2) is 41.7 Å². The largest absolute Gasteiger partial charge is 0.370 e. The van der Waals surface area contributed by atoms with Gasteiger partial charge in [-0.3, -0.25) is 14.6 Å². The number of nitrogens with zero attached hydrogens (tertiary/aromatic N) is 5. The lowest BCUT2D eigenvalue weighted by molar-refractivity contribution is -0.00805. The van der Waals surface area contributed by atoms with Crippen molar-refractivity contribution in [2.45, 2.75) is 44.9 Å². The standard InChI is InChI=1S/C24H36N6O.HI/c1-25-24(30-13-14-31-23(19-30)22-16-27-28(2)17-22)26-15-20-9-5-6-10-21(20)18-29-11-7-3-4-8-12-29;/h5-6,9-10,16-17,23H,3-4,7-8,11-15,18-19H2,1-2H3,(H,25,26);1H. The van der Waals surface area contributed by atoms with Crippen LogP contribution >= 0.6 is 24.0 Å². The average Bonchev–Trinajstić information content (AvgIpc) is 3.07. The molecule has 176 valence electrons. The van der Waals surface area contributed by atoms with Crippen molar-refractivity contribution >= 4 is 29.9 Å². The third-order valence-corrected chi connectivity index (χ3v) is 6.32. The van der Waals surface area contributed by atoms with E-state index >= 15 is 0 Å². The number of halogens is 1. The third-order valence-electron chi connectivity index (χ3n) is 6.32. The van der Waals surface area contributed by atoms with E-state index in [4.69, 9.17) is 4.74 Å². The van der Waals surface area contributed by atoms with Gasteiger partial charge in [0.05, 0.1) is 19.3 Å². The highest BCUT2D eigenvalue weighted by molar-refractivity contribution is 14.0. The lowest BCUT2D eigenvalue weighted by Gasteiger charge is -2.35. The fourth-order valence-corrected chi connectivity index (χ4v) is 4.58. The van der Waals surface area contributed by atoms with Crippen molar-refractivity contribution in [2.75, 3.05) is 39.8 Å². The van der Waals surface area contributed by atoms with E-state index in [0.717, 1.165) is 37.7 Å². The van der Waals surface area contributed by atoms with Crippen LogP contribution in [0.25, 0.3) is 0 Å². The van der Waals surface area contributed by atoms with Crippen LogP contribution < -0.4 is 5.32 Å². The lowest BCUT2D eigenvalue weighted by Crippen LogP contribution is -2.48. The Hall–Kier alpha value is -1.65. The van der Waals surface area contributed by atoms with Gasteiger partial charge in [-0.25, -0.2) is 0 Å². The van der Waals surface area contributed by atoms with Gasteiger partial charge < -0.3 is 15.0 Å². The van der Waals surface area contributed by atoms with Crippen LogP contribution in [0.4, 0.5) is 0 Å². The normalized spacial score (nSPS) is 20.5. The van der Waals surface area contributed by atoms with Crippen molar-refractivity contribution < 1.29 is 4.74 Å². The van der Waals surface area contributed by atoms with Crippen molar-refractivity contribution in [1.82, 2.24) is 24.9 Å². The number of aromatic nitrogens is 2. The van der Waals surface area contributed by atoms with Crippen molar-refractivity contribution in [1.29, 1.82) is 0 Å². The minimum Gasteiger partial charge on any atom is -0.370 e. The molecule has 0 bridgehead atoms. The van der Waals surface area contributed by atoms with Gasteiger partial charge in [-0.05, 0) is 37.1 Å². The van der Waals surface area contributed by atoms with Gasteiger partial charge in [0.2, 0.25) is 0 Å². The Kier molecular flexibility index (Phi) is 9.80. The summed E-state index contributed by atoms with van der Waals surface area (Å²) >= 11 is 0. The van der Waals surface area contributed by atoms with Crippen LogP contribution in [-0.2, 0) is 24.9 Å². The maximum Gasteiger partial charge on any atom is 0.194 e. The molecule has 8 heteroatoms. The maximum absolute atomic E-state index is 6.00. The van der Waals surface area contributed by atoms with E-state index in [9.17, 15) is 0 Å². The van der Waals surface area contributed by atoms with E-state index in [1.54, 1.807) is 0 Å². The Morgan fingerprint density at radius 3 is 2.56 bits per heavy atom. The molecule has 2 aliphatic heterocycles. The van der Waals surface area contributed by atoms with Gasteiger partial charge >= 0.3 is 0 Å². The number of guanidine groups is 1. The summed E-state index contributed by atoms with van der Waals surface area (Å²) < 4.78 is 7.82. The number of aliphatic imine (C=N–C) groups is 1. The molecule has 0 spiro atoms. The number of rotatable bonds is 5. The van der Waals surface area contributed by atoms with E-state index in [1.807, 2.05) is 31.2 Å². The van der Waals surface area contributed by atoms with Crippen LogP contribution in [0.2, 0.25) is 0 Å². The molecule has 2 saturated heterocycles. The molecule has 0 saturated carbocycles. The predicted octanol–water partition coefficient (Wildman–Crippen LogP) is 3.56. The molecule has 0 amide bonds. The van der Waals surface area contributed by atoms with Gasteiger partial charge in [-0.2, -0.15) is 5.10 Å². The number of morpholine rings is 1. The second kappa shape index (κ2) is 12.6. The van der Waals surface area contributed by atoms with Crippen LogP contribution in [0.3, 0.4) is 0 Å². The van der Waals surface area contributed by atoms with E-state index in [2.05, 4.69) is 49.5 Å². The summed E-state index contributed by atoms with van der Waals surface area (Å²) in [6, 6.07) is 8.81. The number of aryl methyl sites for hydroxylation is 1. The minimum atomic E-state index is 0. The molecule has 4 rings (SSSR count). The maximum atomic E-state index is 6.00. The summed E-state index contributed by atoms with van der Waals surface area (Å²) in [6.45, 7) is 6.56. The molecule has 0 radical (unpaired) electrons. The van der Waals surface area contributed by atoms with Crippen LogP contribution in [-0.4, -0.2) is 65.4 Å². The number of likely N-dealkylation sites (tertiary alicyclic amines) is 1. The number of hydrogen-bond acceptors (Lipinski definition) is 4. The summed E-state index contributed by atoms with van der Waals surface area (Å²) in [5.41, 5.74) is 3.89. The first-order chi connectivity index (χ1) is 15.2. The Balaban J connectivity index is 0.00000289. The molecule has 1 unspecified atom stereocenters. The molecule has 0 aliphatic carbocycles. The van der Waals surface area contributed by atoms with E-state index in [0.29, 0.717) is 6.61 Å². The molecule has 2 fully saturated rings. The van der Waals surface area contributed by atoms with Gasteiger partial charge in [0, 0.05) is 45.5 Å². The van der Waals surface area contributed by atoms with Crippen LogP contribution in [0, 0.1) is 0 Å². The van der Waals surface area contributed by atoms with E-state index in [-0.39, 0.29) is 30.1 Å². The van der Waals surface area contributed by atoms with Crippen molar-refractivity contribution in [3.05, 3.63) is 53.3 Å². The molecular formula is C24H37IN6O. The van der Waals surface area contributed by atoms with Gasteiger partial charge in [0.15, 0.2) is 5.96 Å². The SMILES string of the molecule is CN=C(NCc1ccccc1CN1CCCCCC1)N1CCOC(c2cnn(C)c2)C1.I. The summed E-state index contributed by atoms with van der Waals surface area (Å²) in [6.07, 6.45) is 9.33. The minimum absolute atomic E-state index is 0. The number of hydrogen-bond donors (Lipinski definition) is 1. The molecule has 7 nitrogen and oxygen atoms in total. The van der Waals surface area contributed by atoms with Gasteiger partial charge in [-0.1, -0.05) is 37.1 Å². The Morgan fingerprint density at radius 1 is 1.12 bits per heavy atom. The molecule has 1 aromatic heterocycles. The highest BCUT2D eigenvalue weighted by Gasteiger charge is 2.25. The van der Waals surface area contributed by atoms with E-state index in [1.165, 1.54) is 49.9 Å². The summed E-state index contributed by atoms with van der Waals surface area (Å²) in [7, 11) is 3.80. The Morgan fingerprint density at radius 2 is 1.88 bits per heavy atom. The molecule has 1 aromatic carbocycles. The number of ether oxygens (including phenoxy) is 1. The molecule has 3 heterocycles. The second-order valence-corrected chi connectivity index (χ2v) is 8.61. The summed E-state index contributed by atoms with van der Waals surface area (Å²) in [5, 5.41) is 7.89. The Labute approximate surface area is 209 Å². The molecule has 1 N–H and O–H groups in total. The monoisotopic (exact) mass is 552 g/mol. The van der Waals surface area contributed by atoms with Gasteiger partial charge in [-0.15, -0.1) is 24.0 Å². The first kappa shape index (κ1) is 25.0. The molecule has 32 heavy (non-hydrogen) atoms. The van der Waals surface area contributed by atoms with Crippen molar-refractivity contribution in [3.63, 3.8) is 0 Å². The van der Waals surface area contributed by atoms with Crippen molar-refractivity contribution in [2.24, 2.45) is 12.0 Å². The topological polar surface area (TPSA) is 57.9 Å². The molecular weight excluding hydrogens is 515 g/mol. The summed E-state index contributed by atoms with van der Waals surface area (Å²) in [5.74, 6) is 0.932. The highest BCUT2D eigenvalue weighted by Crippen LogP contribution is 2.22. The zero-order valence-corrected chi connectivity index (χ0v) is 21.7. The zero-order chi connectivity index (χ0) is 21.5.